The van der Waals surface area contributed by atoms with Crippen molar-refractivity contribution >= 4 is 28.1 Å². The molecule has 0 bridgehead atoms. The number of furan rings is 1. The van der Waals surface area contributed by atoms with Gasteiger partial charge in [0.2, 0.25) is 5.13 Å². The van der Waals surface area contributed by atoms with E-state index >= 15 is 0 Å². The van der Waals surface area contributed by atoms with E-state index in [4.69, 9.17) is 9.15 Å². The van der Waals surface area contributed by atoms with Crippen molar-refractivity contribution in [1.82, 2.24) is 4.98 Å². The Labute approximate surface area is 143 Å². The van der Waals surface area contributed by atoms with Crippen molar-refractivity contribution in [3.8, 4) is 0 Å². The van der Waals surface area contributed by atoms with Crippen molar-refractivity contribution in [3.05, 3.63) is 35.2 Å². The first kappa shape index (κ1) is 17.4. The lowest BCUT2D eigenvalue weighted by atomic mass is 10.1. The number of nitrogens with zero attached hydrogens (tertiary/aromatic N) is 3. The summed E-state index contributed by atoms with van der Waals surface area (Å²) in [5.41, 5.74) is -3.54. The monoisotopic (exact) mass is 375 g/mol. The number of ether oxygens (including phenoxy) is 1. The molecule has 0 fully saturated rings. The van der Waals surface area contributed by atoms with Crippen LogP contribution in [0.2, 0.25) is 0 Å². The number of hydrogen-bond donors (Lipinski definition) is 1. The van der Waals surface area contributed by atoms with Crippen LogP contribution >= 0.6 is 11.3 Å². The number of halogens is 3. The summed E-state index contributed by atoms with van der Waals surface area (Å²) in [6.45, 7) is 1.69. The van der Waals surface area contributed by atoms with Gasteiger partial charge in [0, 0.05) is 5.38 Å². The topological polar surface area (TPSA) is 88.2 Å². The van der Waals surface area contributed by atoms with Gasteiger partial charge in [-0.15, -0.1) is 11.3 Å². The quantitative estimate of drug-likeness (QED) is 0.827. The van der Waals surface area contributed by atoms with E-state index < -0.39 is 24.3 Å². The van der Waals surface area contributed by atoms with Gasteiger partial charge in [-0.05, 0) is 19.1 Å². The molecule has 2 aromatic heterocycles. The Morgan fingerprint density at radius 2 is 2.32 bits per heavy atom. The number of carbonyl (C=O) groups excluding carboxylic acids is 1. The molecule has 0 unspecified atom stereocenters. The largest absolute Gasteiger partial charge is 0.463 e. The molecule has 2 aromatic rings. The molecule has 7 nitrogen and oxygen atoms in total. The first-order chi connectivity index (χ1) is 11.8. The summed E-state index contributed by atoms with van der Waals surface area (Å²) in [6.07, 6.45) is -4.56. The normalized spacial score (nSPS) is 20.7. The Morgan fingerprint density at radius 3 is 2.92 bits per heavy atom. The minimum Gasteiger partial charge on any atom is -0.463 e. The van der Waals surface area contributed by atoms with Crippen LogP contribution in [0, 0.1) is 0 Å². The molecule has 0 aliphatic carbocycles. The third-order valence-corrected chi connectivity index (χ3v) is 4.22. The maximum atomic E-state index is 13.5. The first-order valence-electron chi connectivity index (χ1n) is 7.09. The van der Waals surface area contributed by atoms with Crippen LogP contribution in [0.3, 0.4) is 0 Å². The molecule has 3 heterocycles. The lowest BCUT2D eigenvalue weighted by Gasteiger charge is -2.32. The molecule has 0 saturated heterocycles. The average molecular weight is 375 g/mol. The van der Waals surface area contributed by atoms with E-state index in [1.807, 2.05) is 0 Å². The number of alkyl halides is 3. The number of aromatic nitrogens is 1. The predicted molar refractivity (Wildman–Crippen MR) is 81.4 cm³/mol. The lowest BCUT2D eigenvalue weighted by Crippen LogP contribution is -2.55. The first-order valence-corrected chi connectivity index (χ1v) is 7.97. The number of hydrazone groups is 1. The third-order valence-electron chi connectivity index (χ3n) is 3.40. The second-order valence-corrected chi connectivity index (χ2v) is 5.90. The molecule has 3 rings (SSSR count). The zero-order valence-corrected chi connectivity index (χ0v) is 13.6. The Morgan fingerprint density at radius 1 is 1.56 bits per heavy atom. The van der Waals surface area contributed by atoms with Gasteiger partial charge in [-0.3, -0.25) is 0 Å². The number of thiazole rings is 1. The van der Waals surface area contributed by atoms with E-state index in [1.54, 1.807) is 6.92 Å². The fourth-order valence-electron chi connectivity index (χ4n) is 2.21. The predicted octanol–water partition coefficient (Wildman–Crippen LogP) is 2.78. The van der Waals surface area contributed by atoms with Gasteiger partial charge < -0.3 is 14.3 Å². The molecule has 1 N–H and O–H groups in total. The van der Waals surface area contributed by atoms with Gasteiger partial charge in [0.1, 0.15) is 11.5 Å². The number of carbonyl (C=O) groups is 1. The molecular formula is C14H12F3N3O4S. The van der Waals surface area contributed by atoms with E-state index in [1.165, 1.54) is 23.8 Å². The smallest absolute Gasteiger partial charge is 0.438 e. The van der Waals surface area contributed by atoms with Crippen LogP contribution in [0.25, 0.3) is 0 Å². The highest BCUT2D eigenvalue weighted by atomic mass is 32.1. The highest BCUT2D eigenvalue weighted by Crippen LogP contribution is 2.44. The summed E-state index contributed by atoms with van der Waals surface area (Å²) in [4.78, 5) is 15.5. The summed E-state index contributed by atoms with van der Waals surface area (Å²) in [5, 5.41) is 15.4. The van der Waals surface area contributed by atoms with E-state index in [-0.39, 0.29) is 28.9 Å². The van der Waals surface area contributed by atoms with E-state index in [9.17, 15) is 23.1 Å². The van der Waals surface area contributed by atoms with Gasteiger partial charge in [-0.25, -0.2) is 9.78 Å². The maximum Gasteiger partial charge on any atom is 0.438 e. The van der Waals surface area contributed by atoms with Gasteiger partial charge in [0.05, 0.1) is 19.3 Å². The molecule has 134 valence electrons. The van der Waals surface area contributed by atoms with E-state index in [0.717, 1.165) is 11.3 Å². The molecule has 1 aliphatic heterocycles. The molecule has 1 atom stereocenters. The molecule has 25 heavy (non-hydrogen) atoms. The molecular weight excluding hydrogens is 363 g/mol. The summed E-state index contributed by atoms with van der Waals surface area (Å²) >= 11 is 0.735. The molecule has 1 aliphatic rings. The van der Waals surface area contributed by atoms with Crippen LogP contribution in [-0.2, 0) is 4.74 Å². The van der Waals surface area contributed by atoms with Crippen LogP contribution in [0.5, 0.6) is 0 Å². The number of rotatable bonds is 4. The minimum absolute atomic E-state index is 0.0855. The van der Waals surface area contributed by atoms with Crippen molar-refractivity contribution in [2.24, 2.45) is 5.10 Å². The highest BCUT2D eigenvalue weighted by Gasteiger charge is 2.63. The summed E-state index contributed by atoms with van der Waals surface area (Å²) < 4.78 is 50.2. The fraction of sp³-hybridized carbons (Fsp3) is 0.357. The fourth-order valence-corrected chi connectivity index (χ4v) is 3.02. The number of aliphatic hydroxyl groups is 1. The van der Waals surface area contributed by atoms with Crippen molar-refractivity contribution in [3.63, 3.8) is 0 Å². The van der Waals surface area contributed by atoms with Crippen LogP contribution in [0.15, 0.2) is 33.3 Å². The Bertz CT molecular complexity index is 803. The van der Waals surface area contributed by atoms with Crippen LogP contribution in [0.1, 0.15) is 29.6 Å². The molecule has 0 aromatic carbocycles. The van der Waals surface area contributed by atoms with Gasteiger partial charge in [-0.2, -0.15) is 23.3 Å². The minimum atomic E-state index is -5.01. The summed E-state index contributed by atoms with van der Waals surface area (Å²) in [5.74, 6) is -0.665. The molecule has 0 radical (unpaired) electrons. The third kappa shape index (κ3) is 3.00. The van der Waals surface area contributed by atoms with E-state index in [0.29, 0.717) is 5.01 Å². The Kier molecular flexibility index (Phi) is 4.29. The highest BCUT2D eigenvalue weighted by molar-refractivity contribution is 7.14. The maximum absolute atomic E-state index is 13.5. The molecule has 0 amide bonds. The van der Waals surface area contributed by atoms with Gasteiger partial charge in [0.15, 0.2) is 5.69 Å². The number of hydrogen-bond acceptors (Lipinski definition) is 8. The Balaban J connectivity index is 1.99. The van der Waals surface area contributed by atoms with Crippen LogP contribution < -0.4 is 5.01 Å². The number of esters is 1. The second kappa shape index (κ2) is 6.15. The average Bonchev–Trinajstić information content (AvgIpc) is 3.26. The molecule has 0 spiro atoms. The van der Waals surface area contributed by atoms with Crippen LogP contribution in [-0.4, -0.2) is 40.3 Å². The summed E-state index contributed by atoms with van der Waals surface area (Å²) in [6, 6.07) is 2.93. The molecule has 0 saturated carbocycles. The zero-order valence-electron chi connectivity index (χ0n) is 12.8. The molecule has 11 heteroatoms. The van der Waals surface area contributed by atoms with Gasteiger partial charge in [-0.1, -0.05) is 0 Å². The SMILES string of the molecule is CCOC(=O)c1csc(N2N=C(c3ccco3)C[C@]2(O)C(F)(F)F)n1. The Hall–Kier alpha value is -2.40. The van der Waals surface area contributed by atoms with Crippen molar-refractivity contribution < 1.29 is 32.2 Å². The van der Waals surface area contributed by atoms with Crippen molar-refractivity contribution in [2.45, 2.75) is 25.2 Å². The zero-order chi connectivity index (χ0) is 18.2. The standard InChI is InChI=1S/C14H12F3N3O4S/c1-2-23-11(21)9-7-25-12(18-9)20-13(22,14(15,16)17)6-8(19-20)10-4-3-5-24-10/h3-5,7,22H,2,6H2,1H3/t13-/m0/s1. The van der Waals surface area contributed by atoms with E-state index in [2.05, 4.69) is 10.1 Å². The lowest BCUT2D eigenvalue weighted by molar-refractivity contribution is -0.254. The van der Waals surface area contributed by atoms with Crippen LogP contribution in [0.4, 0.5) is 18.3 Å². The van der Waals surface area contributed by atoms with Gasteiger partial charge >= 0.3 is 12.1 Å². The van der Waals surface area contributed by atoms with Crippen molar-refractivity contribution in [1.29, 1.82) is 0 Å². The van der Waals surface area contributed by atoms with Crippen molar-refractivity contribution in [2.75, 3.05) is 11.6 Å². The summed E-state index contributed by atoms with van der Waals surface area (Å²) in [7, 11) is 0. The second-order valence-electron chi connectivity index (χ2n) is 5.06. The number of anilines is 1. The van der Waals surface area contributed by atoms with Gasteiger partial charge in [0.25, 0.3) is 5.72 Å².